The minimum Gasteiger partial charge on any atom is -0.456 e. The molecular formula is C20H16F3NO6. The molecule has 2 aromatic rings. The van der Waals surface area contributed by atoms with Crippen molar-refractivity contribution in [3.8, 4) is 5.75 Å². The molecule has 0 bridgehead atoms. The number of halogens is 3. The van der Waals surface area contributed by atoms with E-state index >= 15 is 0 Å². The van der Waals surface area contributed by atoms with Gasteiger partial charge in [-0.05, 0) is 48.5 Å². The molecule has 0 atom stereocenters. The summed E-state index contributed by atoms with van der Waals surface area (Å²) in [5.74, 6) is -3.62. The van der Waals surface area contributed by atoms with Crippen LogP contribution in [-0.4, -0.2) is 36.8 Å². The third kappa shape index (κ3) is 7.38. The fraction of sp³-hybridized carbons (Fsp3) is 0.200. The van der Waals surface area contributed by atoms with Gasteiger partial charge in [-0.25, -0.2) is 4.39 Å². The van der Waals surface area contributed by atoms with Gasteiger partial charge in [-0.3, -0.25) is 24.5 Å². The molecule has 1 N–H and O–H groups in total. The van der Waals surface area contributed by atoms with Gasteiger partial charge < -0.3 is 9.47 Å². The van der Waals surface area contributed by atoms with Gasteiger partial charge >= 0.3 is 12.6 Å². The number of alkyl halides is 2. The van der Waals surface area contributed by atoms with Crippen LogP contribution >= 0.6 is 0 Å². The summed E-state index contributed by atoms with van der Waals surface area (Å²) in [5, 5.41) is 1.96. The van der Waals surface area contributed by atoms with Crippen molar-refractivity contribution in [1.82, 2.24) is 5.32 Å². The van der Waals surface area contributed by atoms with E-state index in [2.05, 4.69) is 4.74 Å². The highest BCUT2D eigenvalue weighted by Crippen LogP contribution is 2.14. The number of nitrogens with one attached hydrogen (secondary N) is 1. The van der Waals surface area contributed by atoms with E-state index in [4.69, 9.17) is 4.74 Å². The third-order valence-electron chi connectivity index (χ3n) is 3.68. The van der Waals surface area contributed by atoms with E-state index < -0.39 is 42.6 Å². The zero-order valence-corrected chi connectivity index (χ0v) is 15.4. The van der Waals surface area contributed by atoms with Crippen molar-refractivity contribution in [2.75, 3.05) is 6.61 Å². The van der Waals surface area contributed by atoms with Crippen LogP contribution in [0.2, 0.25) is 0 Å². The van der Waals surface area contributed by atoms with Crippen LogP contribution in [0.5, 0.6) is 5.75 Å². The lowest BCUT2D eigenvalue weighted by molar-refractivity contribution is -0.148. The second-order valence-corrected chi connectivity index (χ2v) is 5.87. The number of carbonyl (C=O) groups is 4. The van der Waals surface area contributed by atoms with Crippen LogP contribution < -0.4 is 10.1 Å². The lowest BCUT2D eigenvalue weighted by atomic mass is 10.1. The molecule has 0 heterocycles. The number of ether oxygens (including phenoxy) is 2. The first kappa shape index (κ1) is 22.6. The number of imide groups is 1. The lowest BCUT2D eigenvalue weighted by Gasteiger charge is -2.07. The Balaban J connectivity index is 1.72. The Morgan fingerprint density at radius 3 is 2.07 bits per heavy atom. The second kappa shape index (κ2) is 10.7. The Morgan fingerprint density at radius 1 is 0.867 bits per heavy atom. The van der Waals surface area contributed by atoms with Crippen molar-refractivity contribution >= 4 is 23.6 Å². The summed E-state index contributed by atoms with van der Waals surface area (Å²) in [6.07, 6.45) is -0.499. The minimum atomic E-state index is -3.01. The monoisotopic (exact) mass is 423 g/mol. The third-order valence-corrected chi connectivity index (χ3v) is 3.68. The second-order valence-electron chi connectivity index (χ2n) is 5.87. The van der Waals surface area contributed by atoms with Crippen LogP contribution in [0.4, 0.5) is 13.2 Å². The lowest BCUT2D eigenvalue weighted by Crippen LogP contribution is -2.34. The van der Waals surface area contributed by atoms with Gasteiger partial charge in [0.1, 0.15) is 11.6 Å². The Morgan fingerprint density at radius 2 is 1.47 bits per heavy atom. The number of hydrogen-bond acceptors (Lipinski definition) is 6. The summed E-state index contributed by atoms with van der Waals surface area (Å²) in [7, 11) is 0. The van der Waals surface area contributed by atoms with Gasteiger partial charge in [-0.2, -0.15) is 8.78 Å². The maximum absolute atomic E-state index is 12.8. The maximum atomic E-state index is 12.8. The van der Waals surface area contributed by atoms with Crippen LogP contribution in [0.1, 0.15) is 33.6 Å². The molecule has 2 aromatic carbocycles. The fourth-order valence-corrected chi connectivity index (χ4v) is 2.24. The van der Waals surface area contributed by atoms with Crippen molar-refractivity contribution in [3.63, 3.8) is 0 Å². The first-order chi connectivity index (χ1) is 14.2. The zero-order chi connectivity index (χ0) is 22.1. The molecule has 2 amide bonds. The van der Waals surface area contributed by atoms with Crippen molar-refractivity contribution < 1.29 is 41.8 Å². The van der Waals surface area contributed by atoms with Crippen molar-refractivity contribution in [3.05, 3.63) is 65.5 Å². The maximum Gasteiger partial charge on any atom is 0.387 e. The highest BCUT2D eigenvalue weighted by molar-refractivity contribution is 6.05. The molecule has 0 spiro atoms. The molecule has 0 fully saturated rings. The zero-order valence-electron chi connectivity index (χ0n) is 15.4. The van der Waals surface area contributed by atoms with Gasteiger partial charge in [-0.15, -0.1) is 0 Å². The molecule has 158 valence electrons. The molecule has 0 aliphatic carbocycles. The van der Waals surface area contributed by atoms with E-state index in [1.165, 1.54) is 24.3 Å². The molecule has 0 saturated heterocycles. The predicted molar refractivity (Wildman–Crippen MR) is 96.5 cm³/mol. The minimum absolute atomic E-state index is 0.00110. The highest BCUT2D eigenvalue weighted by atomic mass is 19.3. The van der Waals surface area contributed by atoms with E-state index in [0.29, 0.717) is 0 Å². The summed E-state index contributed by atoms with van der Waals surface area (Å²) < 4.78 is 45.8. The summed E-state index contributed by atoms with van der Waals surface area (Å²) in [4.78, 5) is 47.1. The summed E-state index contributed by atoms with van der Waals surface area (Å²) in [6.45, 7) is -3.76. The number of hydrogen-bond donors (Lipinski definition) is 1. The predicted octanol–water partition coefficient (Wildman–Crippen LogP) is 2.89. The van der Waals surface area contributed by atoms with Crippen molar-refractivity contribution in [1.29, 1.82) is 0 Å². The van der Waals surface area contributed by atoms with Crippen LogP contribution in [0, 0.1) is 5.82 Å². The van der Waals surface area contributed by atoms with Gasteiger partial charge in [0.25, 0.3) is 11.8 Å². The first-order valence-corrected chi connectivity index (χ1v) is 8.58. The van der Waals surface area contributed by atoms with E-state index in [-0.39, 0.29) is 29.7 Å². The quantitative estimate of drug-likeness (QED) is 0.492. The standard InChI is InChI=1S/C20H16F3NO6/c21-14-5-1-12(2-6-14)16(25)9-10-18(27)29-11-17(26)24-19(28)13-3-7-15(8-4-13)30-20(22)23/h1-8,20H,9-11H2,(H,24,26,28). The summed E-state index contributed by atoms with van der Waals surface area (Å²) >= 11 is 0. The molecule has 0 aromatic heterocycles. The van der Waals surface area contributed by atoms with Gasteiger partial charge in [-0.1, -0.05) is 0 Å². The first-order valence-electron chi connectivity index (χ1n) is 8.58. The normalized spacial score (nSPS) is 10.4. The SMILES string of the molecule is O=C(COC(=O)CCC(=O)c1ccc(F)cc1)NC(=O)c1ccc(OC(F)F)cc1. The Hall–Kier alpha value is -3.69. The van der Waals surface area contributed by atoms with Crippen molar-refractivity contribution in [2.45, 2.75) is 19.5 Å². The fourth-order valence-electron chi connectivity index (χ4n) is 2.24. The number of benzene rings is 2. The highest BCUT2D eigenvalue weighted by Gasteiger charge is 2.15. The molecule has 0 radical (unpaired) electrons. The molecule has 30 heavy (non-hydrogen) atoms. The molecular weight excluding hydrogens is 407 g/mol. The summed E-state index contributed by atoms with van der Waals surface area (Å²) in [6, 6.07) is 9.41. The Kier molecular flexibility index (Phi) is 8.09. The van der Waals surface area contributed by atoms with E-state index in [0.717, 1.165) is 24.3 Å². The largest absolute Gasteiger partial charge is 0.456 e. The molecule has 0 unspecified atom stereocenters. The number of rotatable bonds is 9. The molecule has 7 nitrogen and oxygen atoms in total. The number of Topliss-reactive ketones (excluding diaryl/α,β-unsaturated/α-hetero) is 1. The van der Waals surface area contributed by atoms with Gasteiger partial charge in [0.15, 0.2) is 12.4 Å². The molecule has 0 aliphatic rings. The van der Waals surface area contributed by atoms with Crippen LogP contribution in [0.25, 0.3) is 0 Å². The molecule has 0 saturated carbocycles. The number of carbonyl (C=O) groups excluding carboxylic acids is 4. The van der Waals surface area contributed by atoms with Crippen LogP contribution in [-0.2, 0) is 14.3 Å². The Bertz CT molecular complexity index is 913. The summed E-state index contributed by atoms with van der Waals surface area (Å²) in [5.41, 5.74) is 0.235. The number of esters is 1. The van der Waals surface area contributed by atoms with Gasteiger partial charge in [0.2, 0.25) is 0 Å². The van der Waals surface area contributed by atoms with Crippen molar-refractivity contribution in [2.24, 2.45) is 0 Å². The number of amides is 2. The average Bonchev–Trinajstić information content (AvgIpc) is 2.71. The Labute approximate surface area is 168 Å². The van der Waals surface area contributed by atoms with E-state index in [1.54, 1.807) is 0 Å². The molecule has 10 heteroatoms. The van der Waals surface area contributed by atoms with E-state index in [9.17, 15) is 32.3 Å². The van der Waals surface area contributed by atoms with Crippen LogP contribution in [0.15, 0.2) is 48.5 Å². The molecule has 2 rings (SSSR count). The van der Waals surface area contributed by atoms with Crippen LogP contribution in [0.3, 0.4) is 0 Å². The van der Waals surface area contributed by atoms with Gasteiger partial charge in [0.05, 0.1) is 6.42 Å². The van der Waals surface area contributed by atoms with Gasteiger partial charge in [0, 0.05) is 17.5 Å². The number of ketones is 1. The average molecular weight is 423 g/mol. The smallest absolute Gasteiger partial charge is 0.387 e. The molecule has 0 aliphatic heterocycles. The van der Waals surface area contributed by atoms with E-state index in [1.807, 2.05) is 5.32 Å². The topological polar surface area (TPSA) is 98.8 Å².